The summed E-state index contributed by atoms with van der Waals surface area (Å²) < 4.78 is 0. The molecule has 1 aromatic carbocycles. The van der Waals surface area contributed by atoms with Crippen molar-refractivity contribution in [1.82, 2.24) is 0 Å². The van der Waals surface area contributed by atoms with Crippen molar-refractivity contribution in [2.45, 2.75) is 0 Å². The molecule has 0 aromatic heterocycles. The third-order valence-electron chi connectivity index (χ3n) is 1.42. The third-order valence-corrected chi connectivity index (χ3v) is 1.42. The predicted molar refractivity (Wildman–Crippen MR) is 51.8 cm³/mol. The van der Waals surface area contributed by atoms with Crippen LogP contribution in [0, 0.1) is 0 Å². The van der Waals surface area contributed by atoms with Crippen LogP contribution in [-0.4, -0.2) is 17.0 Å². The highest BCUT2D eigenvalue weighted by Crippen LogP contribution is 2.04. The predicted octanol–water partition coefficient (Wildman–Crippen LogP) is 1.27. The molecule has 0 bridgehead atoms. The number of hydrogen-bond donors (Lipinski definition) is 2. The Balaban J connectivity index is 2.54. The summed E-state index contributed by atoms with van der Waals surface area (Å²) in [6.07, 6.45) is 1.76. The largest absolute Gasteiger partial charge is 0.478 e. The maximum Gasteiger partial charge on any atom is 0.328 e. The fourth-order valence-corrected chi connectivity index (χ4v) is 0.852. The van der Waals surface area contributed by atoms with Gasteiger partial charge in [0.25, 0.3) is 0 Å². The van der Waals surface area contributed by atoms with Crippen LogP contribution in [0.25, 0.3) is 0 Å². The van der Waals surface area contributed by atoms with Gasteiger partial charge in [-0.25, -0.2) is 4.79 Å². The first-order valence-corrected chi connectivity index (χ1v) is 3.95. The summed E-state index contributed by atoms with van der Waals surface area (Å²) >= 11 is 0. The molecule has 1 aromatic rings. The monoisotopic (exact) mass is 191 g/mol. The number of aliphatic carboxylic acids is 1. The summed E-state index contributed by atoms with van der Waals surface area (Å²) in [6, 6.07) is 8.80. The molecule has 0 heterocycles. The number of carboxylic acid groups (broad SMARTS) is 1. The van der Waals surface area contributed by atoms with Gasteiger partial charge in [-0.3, -0.25) is 4.79 Å². The molecule has 2 N–H and O–H groups in total. The van der Waals surface area contributed by atoms with Gasteiger partial charge in [0.05, 0.1) is 0 Å². The van der Waals surface area contributed by atoms with E-state index in [0.717, 1.165) is 12.2 Å². The van der Waals surface area contributed by atoms with Gasteiger partial charge in [-0.2, -0.15) is 0 Å². The Morgan fingerprint density at radius 2 is 1.79 bits per heavy atom. The minimum atomic E-state index is -1.15. The van der Waals surface area contributed by atoms with E-state index in [1.54, 1.807) is 24.3 Å². The molecule has 72 valence electrons. The first-order valence-electron chi connectivity index (χ1n) is 3.95. The average molecular weight is 191 g/mol. The lowest BCUT2D eigenvalue weighted by atomic mass is 10.3. The van der Waals surface area contributed by atoms with Crippen LogP contribution in [0.2, 0.25) is 0 Å². The van der Waals surface area contributed by atoms with Crippen LogP contribution in [0.4, 0.5) is 5.69 Å². The van der Waals surface area contributed by atoms with Crippen molar-refractivity contribution in [3.63, 3.8) is 0 Å². The van der Waals surface area contributed by atoms with Gasteiger partial charge in [0.2, 0.25) is 5.91 Å². The molecule has 14 heavy (non-hydrogen) atoms. The molecule has 0 spiro atoms. The molecule has 1 amide bonds. The van der Waals surface area contributed by atoms with E-state index in [1.165, 1.54) is 0 Å². The van der Waals surface area contributed by atoms with Crippen LogP contribution < -0.4 is 5.32 Å². The highest BCUT2D eigenvalue weighted by Gasteiger charge is 1.96. The number of carbonyl (C=O) groups is 2. The highest BCUT2D eigenvalue weighted by molar-refractivity contribution is 6.02. The van der Waals surface area contributed by atoms with Crippen LogP contribution in [0.15, 0.2) is 42.5 Å². The number of carbonyl (C=O) groups excluding carboxylic acids is 1. The molecule has 4 heteroatoms. The molecular weight excluding hydrogens is 182 g/mol. The molecular formula is C10H9NO3. The lowest BCUT2D eigenvalue weighted by Gasteiger charge is -1.99. The Hall–Kier alpha value is -2.10. The number of hydrogen-bond acceptors (Lipinski definition) is 2. The second kappa shape index (κ2) is 4.81. The first kappa shape index (κ1) is 9.98. The van der Waals surface area contributed by atoms with E-state index in [-0.39, 0.29) is 0 Å². The van der Waals surface area contributed by atoms with E-state index in [9.17, 15) is 9.59 Å². The normalized spacial score (nSPS) is 10.0. The fourth-order valence-electron chi connectivity index (χ4n) is 0.852. The van der Waals surface area contributed by atoms with Gasteiger partial charge in [-0.05, 0) is 12.1 Å². The van der Waals surface area contributed by atoms with E-state index in [2.05, 4.69) is 5.32 Å². The van der Waals surface area contributed by atoms with Crippen molar-refractivity contribution in [2.75, 3.05) is 5.32 Å². The van der Waals surface area contributed by atoms with Gasteiger partial charge in [0.15, 0.2) is 0 Å². The van der Waals surface area contributed by atoms with Crippen LogP contribution in [0.3, 0.4) is 0 Å². The fraction of sp³-hybridized carbons (Fsp3) is 0. The number of rotatable bonds is 3. The van der Waals surface area contributed by atoms with Gasteiger partial charge in [-0.15, -0.1) is 0 Å². The van der Waals surface area contributed by atoms with Gasteiger partial charge in [-0.1, -0.05) is 18.2 Å². The minimum absolute atomic E-state index is 0.460. The molecule has 0 aliphatic rings. The summed E-state index contributed by atoms with van der Waals surface area (Å²) in [5, 5.41) is 10.8. The average Bonchev–Trinajstić information content (AvgIpc) is 2.16. The van der Waals surface area contributed by atoms with Crippen molar-refractivity contribution in [2.24, 2.45) is 0 Å². The Labute approximate surface area is 80.9 Å². The summed E-state index contributed by atoms with van der Waals surface area (Å²) in [4.78, 5) is 21.1. The van der Waals surface area contributed by atoms with Crippen molar-refractivity contribution >= 4 is 17.6 Å². The van der Waals surface area contributed by atoms with Gasteiger partial charge in [0.1, 0.15) is 0 Å². The number of carboxylic acids is 1. The molecule has 0 radical (unpaired) electrons. The van der Waals surface area contributed by atoms with Crippen LogP contribution in [0.1, 0.15) is 0 Å². The van der Waals surface area contributed by atoms with E-state index in [4.69, 9.17) is 5.11 Å². The maximum absolute atomic E-state index is 11.1. The molecule has 0 unspecified atom stereocenters. The zero-order valence-corrected chi connectivity index (χ0v) is 7.31. The van der Waals surface area contributed by atoms with Crippen molar-refractivity contribution in [3.8, 4) is 0 Å². The smallest absolute Gasteiger partial charge is 0.328 e. The van der Waals surface area contributed by atoms with Gasteiger partial charge in [0, 0.05) is 17.8 Å². The second-order valence-corrected chi connectivity index (χ2v) is 2.53. The Morgan fingerprint density at radius 1 is 1.14 bits per heavy atom. The number of anilines is 1. The summed E-state index contributed by atoms with van der Waals surface area (Å²) in [5.41, 5.74) is 0.632. The van der Waals surface area contributed by atoms with Crippen molar-refractivity contribution in [1.29, 1.82) is 0 Å². The SMILES string of the molecule is O=C(O)/C=C\C(=O)Nc1ccccc1. The first-order chi connectivity index (χ1) is 6.68. The van der Waals surface area contributed by atoms with E-state index in [0.29, 0.717) is 5.69 Å². The van der Waals surface area contributed by atoms with Crippen molar-refractivity contribution < 1.29 is 14.7 Å². The van der Waals surface area contributed by atoms with Crippen molar-refractivity contribution in [3.05, 3.63) is 42.5 Å². The van der Waals surface area contributed by atoms with Crippen LogP contribution in [-0.2, 0) is 9.59 Å². The zero-order chi connectivity index (χ0) is 10.4. The van der Waals surface area contributed by atoms with E-state index >= 15 is 0 Å². The molecule has 0 aliphatic heterocycles. The molecule has 1 rings (SSSR count). The quantitative estimate of drug-likeness (QED) is 0.707. The third kappa shape index (κ3) is 3.53. The van der Waals surface area contributed by atoms with E-state index in [1.807, 2.05) is 6.07 Å². The number of nitrogens with one attached hydrogen (secondary N) is 1. The maximum atomic E-state index is 11.1. The number of para-hydroxylation sites is 1. The standard InChI is InChI=1S/C10H9NO3/c12-9(6-7-10(13)14)11-8-4-2-1-3-5-8/h1-7H,(H,11,12)(H,13,14)/b7-6-. The minimum Gasteiger partial charge on any atom is -0.478 e. The lowest BCUT2D eigenvalue weighted by Crippen LogP contribution is -2.08. The molecule has 0 fully saturated rings. The van der Waals surface area contributed by atoms with Gasteiger partial charge >= 0.3 is 5.97 Å². The second-order valence-electron chi connectivity index (χ2n) is 2.53. The summed E-state index contributed by atoms with van der Waals surface area (Å²) in [5.74, 6) is -1.60. The van der Waals surface area contributed by atoms with Crippen LogP contribution in [0.5, 0.6) is 0 Å². The van der Waals surface area contributed by atoms with E-state index < -0.39 is 11.9 Å². The van der Waals surface area contributed by atoms with Gasteiger partial charge < -0.3 is 10.4 Å². The molecule has 0 saturated carbocycles. The topological polar surface area (TPSA) is 66.4 Å². The zero-order valence-electron chi connectivity index (χ0n) is 7.31. The van der Waals surface area contributed by atoms with Crippen LogP contribution >= 0.6 is 0 Å². The Bertz CT molecular complexity index is 357. The molecule has 0 atom stereocenters. The molecule has 0 aliphatic carbocycles. The lowest BCUT2D eigenvalue weighted by molar-refractivity contribution is -0.131. The summed E-state index contributed by atoms with van der Waals surface area (Å²) in [7, 11) is 0. The Kier molecular flexibility index (Phi) is 3.43. The molecule has 0 saturated heterocycles. The highest BCUT2D eigenvalue weighted by atomic mass is 16.4. The Morgan fingerprint density at radius 3 is 2.36 bits per heavy atom. The number of amides is 1. The number of benzene rings is 1. The molecule has 4 nitrogen and oxygen atoms in total. The summed E-state index contributed by atoms with van der Waals surface area (Å²) in [6.45, 7) is 0.